The van der Waals surface area contributed by atoms with Gasteiger partial charge in [0.1, 0.15) is 5.82 Å². The fraction of sp³-hybridized carbons (Fsp3) is 0.462. The lowest BCUT2D eigenvalue weighted by molar-refractivity contribution is 0.00578. The molecular formula is C13H16BClN4O2. The van der Waals surface area contributed by atoms with Crippen LogP contribution in [0.15, 0.2) is 24.8 Å². The maximum absolute atomic E-state index is 5.97. The van der Waals surface area contributed by atoms with Gasteiger partial charge >= 0.3 is 7.12 Å². The van der Waals surface area contributed by atoms with Gasteiger partial charge in [0.2, 0.25) is 5.28 Å². The van der Waals surface area contributed by atoms with Crippen LogP contribution >= 0.6 is 11.6 Å². The molecule has 8 heteroatoms. The van der Waals surface area contributed by atoms with Crippen molar-refractivity contribution in [2.24, 2.45) is 0 Å². The summed E-state index contributed by atoms with van der Waals surface area (Å²) in [5.74, 6) is 0.644. The number of rotatable bonds is 2. The molecule has 0 atom stereocenters. The van der Waals surface area contributed by atoms with Gasteiger partial charge in [-0.2, -0.15) is 4.98 Å². The highest BCUT2D eigenvalue weighted by molar-refractivity contribution is 6.61. The Labute approximate surface area is 128 Å². The molecule has 0 bridgehead atoms. The van der Waals surface area contributed by atoms with E-state index >= 15 is 0 Å². The van der Waals surface area contributed by atoms with Crippen molar-refractivity contribution < 1.29 is 9.31 Å². The van der Waals surface area contributed by atoms with E-state index in [2.05, 4.69) is 15.0 Å². The van der Waals surface area contributed by atoms with Gasteiger partial charge in [0.05, 0.1) is 23.1 Å². The number of imidazole rings is 1. The van der Waals surface area contributed by atoms with Crippen molar-refractivity contribution in [2.45, 2.75) is 38.9 Å². The van der Waals surface area contributed by atoms with Gasteiger partial charge in [-0.05, 0) is 45.4 Å². The summed E-state index contributed by atoms with van der Waals surface area (Å²) >= 11 is 5.80. The molecule has 1 aliphatic rings. The Morgan fingerprint density at radius 2 is 1.81 bits per heavy atom. The summed E-state index contributed by atoms with van der Waals surface area (Å²) in [6.07, 6.45) is 5.07. The summed E-state index contributed by atoms with van der Waals surface area (Å²) < 4.78 is 13.7. The lowest BCUT2D eigenvalue weighted by Crippen LogP contribution is -2.41. The van der Waals surface area contributed by atoms with Crippen LogP contribution in [-0.2, 0) is 9.31 Å². The predicted octanol–water partition coefficient (Wildman–Crippen LogP) is 1.61. The molecule has 0 radical (unpaired) electrons. The van der Waals surface area contributed by atoms with Gasteiger partial charge < -0.3 is 9.31 Å². The van der Waals surface area contributed by atoms with Gasteiger partial charge in [-0.3, -0.25) is 4.57 Å². The lowest BCUT2D eigenvalue weighted by Gasteiger charge is -2.32. The molecule has 0 amide bonds. The van der Waals surface area contributed by atoms with Gasteiger partial charge in [-0.15, -0.1) is 0 Å². The first-order valence-corrected chi connectivity index (χ1v) is 7.05. The first-order valence-electron chi connectivity index (χ1n) is 6.67. The number of hydrogen-bond donors (Lipinski definition) is 0. The second kappa shape index (κ2) is 4.79. The summed E-state index contributed by atoms with van der Waals surface area (Å²) in [7, 11) is -0.492. The minimum Gasteiger partial charge on any atom is -0.398 e. The number of aromatic nitrogens is 4. The van der Waals surface area contributed by atoms with Crippen molar-refractivity contribution in [3.63, 3.8) is 0 Å². The molecule has 1 fully saturated rings. The summed E-state index contributed by atoms with van der Waals surface area (Å²) in [5.41, 5.74) is -0.0809. The minimum atomic E-state index is -0.492. The molecule has 6 nitrogen and oxygen atoms in total. The maximum atomic E-state index is 5.97. The smallest absolute Gasteiger partial charge is 0.398 e. The monoisotopic (exact) mass is 306 g/mol. The molecule has 1 saturated heterocycles. The molecule has 0 aliphatic carbocycles. The van der Waals surface area contributed by atoms with Crippen molar-refractivity contribution in [1.82, 2.24) is 19.5 Å². The Hall–Kier alpha value is -1.44. The van der Waals surface area contributed by atoms with Gasteiger partial charge in [-0.25, -0.2) is 9.97 Å². The fourth-order valence-electron chi connectivity index (χ4n) is 2.02. The van der Waals surface area contributed by atoms with E-state index in [0.29, 0.717) is 11.4 Å². The highest BCUT2D eigenvalue weighted by Gasteiger charge is 2.52. The van der Waals surface area contributed by atoms with Crippen LogP contribution in [0, 0.1) is 0 Å². The van der Waals surface area contributed by atoms with Crippen LogP contribution in [0.4, 0.5) is 0 Å². The lowest BCUT2D eigenvalue weighted by atomic mass is 9.86. The predicted molar refractivity (Wildman–Crippen MR) is 79.9 cm³/mol. The van der Waals surface area contributed by atoms with E-state index in [9.17, 15) is 0 Å². The Kier molecular flexibility index (Phi) is 3.31. The van der Waals surface area contributed by atoms with E-state index in [1.54, 1.807) is 23.2 Å². The molecule has 0 saturated carbocycles. The fourth-order valence-corrected chi connectivity index (χ4v) is 2.16. The second-order valence-electron chi connectivity index (χ2n) is 5.98. The molecule has 0 aromatic carbocycles. The second-order valence-corrected chi connectivity index (χ2v) is 6.32. The average molecular weight is 307 g/mol. The van der Waals surface area contributed by atoms with Crippen LogP contribution in [0.5, 0.6) is 0 Å². The molecule has 110 valence electrons. The van der Waals surface area contributed by atoms with E-state index in [4.69, 9.17) is 20.9 Å². The SMILES string of the molecule is CC1(C)OB(c2cn(-c3ccnc(Cl)n3)cn2)OC1(C)C. The summed E-state index contributed by atoms with van der Waals surface area (Å²) in [5, 5.41) is 0.193. The third-order valence-electron chi connectivity index (χ3n) is 3.97. The first-order chi connectivity index (χ1) is 9.78. The zero-order chi connectivity index (χ0) is 15.3. The Balaban J connectivity index is 1.87. The molecule has 21 heavy (non-hydrogen) atoms. The first kappa shape index (κ1) is 14.5. The van der Waals surface area contributed by atoms with Crippen molar-refractivity contribution in [1.29, 1.82) is 0 Å². The molecule has 0 N–H and O–H groups in total. The highest BCUT2D eigenvalue weighted by Crippen LogP contribution is 2.36. The van der Waals surface area contributed by atoms with Crippen molar-refractivity contribution in [3.05, 3.63) is 30.1 Å². The summed E-state index contributed by atoms with van der Waals surface area (Å²) in [6, 6.07) is 1.75. The normalized spacial score (nSPS) is 20.0. The maximum Gasteiger partial charge on any atom is 0.516 e. The molecule has 0 spiro atoms. The van der Waals surface area contributed by atoms with Crippen LogP contribution < -0.4 is 5.59 Å². The van der Waals surface area contributed by atoms with Gasteiger partial charge in [0.15, 0.2) is 0 Å². The van der Waals surface area contributed by atoms with Crippen molar-refractivity contribution >= 4 is 24.3 Å². The summed E-state index contributed by atoms with van der Waals surface area (Å²) in [4.78, 5) is 12.3. The summed E-state index contributed by atoms with van der Waals surface area (Å²) in [6.45, 7) is 8.03. The van der Waals surface area contributed by atoms with Crippen LogP contribution in [-0.4, -0.2) is 37.8 Å². The molecular weight excluding hydrogens is 290 g/mol. The van der Waals surface area contributed by atoms with E-state index in [1.807, 2.05) is 33.9 Å². The van der Waals surface area contributed by atoms with E-state index in [0.717, 1.165) is 0 Å². The molecule has 2 aromatic heterocycles. The van der Waals surface area contributed by atoms with E-state index in [1.165, 1.54) is 0 Å². The Bertz CT molecular complexity index is 658. The quantitative estimate of drug-likeness (QED) is 0.623. The van der Waals surface area contributed by atoms with Crippen LogP contribution in [0.1, 0.15) is 27.7 Å². The van der Waals surface area contributed by atoms with Crippen LogP contribution in [0.3, 0.4) is 0 Å². The van der Waals surface area contributed by atoms with Gasteiger partial charge in [0.25, 0.3) is 0 Å². The molecule has 2 aromatic rings. The Morgan fingerprint density at radius 1 is 1.14 bits per heavy atom. The van der Waals surface area contributed by atoms with Crippen molar-refractivity contribution in [2.75, 3.05) is 0 Å². The number of hydrogen-bond acceptors (Lipinski definition) is 5. The number of halogens is 1. The zero-order valence-electron chi connectivity index (χ0n) is 12.4. The molecule has 3 heterocycles. The van der Waals surface area contributed by atoms with Crippen molar-refractivity contribution in [3.8, 4) is 5.82 Å². The van der Waals surface area contributed by atoms with Gasteiger partial charge in [0, 0.05) is 12.4 Å². The highest BCUT2D eigenvalue weighted by atomic mass is 35.5. The number of nitrogens with zero attached hydrogens (tertiary/aromatic N) is 4. The Morgan fingerprint density at radius 3 is 2.43 bits per heavy atom. The third-order valence-corrected chi connectivity index (χ3v) is 4.16. The van der Waals surface area contributed by atoms with E-state index in [-0.39, 0.29) is 16.5 Å². The zero-order valence-corrected chi connectivity index (χ0v) is 13.1. The third kappa shape index (κ3) is 2.56. The standard InChI is InChI=1S/C13H16BClN4O2/c1-12(2)13(3,4)21-14(20-12)9-7-19(8-17-9)10-5-6-16-11(15)18-10/h5-8H,1-4H3. The van der Waals surface area contributed by atoms with Crippen LogP contribution in [0.2, 0.25) is 5.28 Å². The van der Waals surface area contributed by atoms with E-state index < -0.39 is 7.12 Å². The molecule has 3 rings (SSSR count). The average Bonchev–Trinajstić information content (AvgIpc) is 2.93. The largest absolute Gasteiger partial charge is 0.516 e. The molecule has 0 unspecified atom stereocenters. The van der Waals surface area contributed by atoms with Gasteiger partial charge in [-0.1, -0.05) is 0 Å². The van der Waals surface area contributed by atoms with Crippen LogP contribution in [0.25, 0.3) is 5.82 Å². The topological polar surface area (TPSA) is 62.1 Å². The molecule has 1 aliphatic heterocycles. The minimum absolute atomic E-state index is 0.193.